The Morgan fingerprint density at radius 1 is 1.57 bits per heavy atom. The van der Waals surface area contributed by atoms with Gasteiger partial charge in [0.05, 0.1) is 11.1 Å². The fraction of sp³-hybridized carbons (Fsp3) is 0.667. The lowest BCUT2D eigenvalue weighted by Gasteiger charge is -2.33. The van der Waals surface area contributed by atoms with Crippen LogP contribution >= 0.6 is 0 Å². The van der Waals surface area contributed by atoms with Crippen molar-refractivity contribution in [1.82, 2.24) is 20.4 Å². The highest BCUT2D eigenvalue weighted by molar-refractivity contribution is 5.84. The molecule has 1 aliphatic rings. The number of H-pyrrole nitrogens is 1. The topological polar surface area (TPSA) is 61.0 Å². The Labute approximate surface area is 139 Å². The van der Waals surface area contributed by atoms with Gasteiger partial charge in [0, 0.05) is 25.3 Å². The number of rotatable bonds is 6. The molecule has 0 bridgehead atoms. The monoisotopic (exact) mass is 318 g/mol. The van der Waals surface area contributed by atoms with Crippen LogP contribution in [-0.4, -0.2) is 40.6 Å². The smallest absolute Gasteiger partial charge is 0.229 e. The van der Waals surface area contributed by atoms with Gasteiger partial charge in [-0.1, -0.05) is 12.2 Å². The number of aryl methyl sites for hydroxylation is 1. The maximum Gasteiger partial charge on any atom is 0.229 e. The molecule has 1 aliphatic heterocycles. The molecule has 0 aromatic carbocycles. The summed E-state index contributed by atoms with van der Waals surface area (Å²) in [5.74, 6) is 0.582. The Balaban J connectivity index is 1.82. The van der Waals surface area contributed by atoms with Crippen LogP contribution in [0.4, 0.5) is 0 Å². The van der Waals surface area contributed by atoms with E-state index in [1.807, 2.05) is 27.7 Å². The highest BCUT2D eigenvalue weighted by Crippen LogP contribution is 2.25. The molecule has 5 nitrogen and oxygen atoms in total. The zero-order valence-corrected chi connectivity index (χ0v) is 14.9. The highest BCUT2D eigenvalue weighted by atomic mass is 16.2. The van der Waals surface area contributed by atoms with E-state index in [1.165, 1.54) is 12.8 Å². The molecule has 1 aromatic heterocycles. The van der Waals surface area contributed by atoms with E-state index in [0.717, 1.165) is 43.1 Å². The largest absolute Gasteiger partial charge is 0.355 e. The molecular weight excluding hydrogens is 288 g/mol. The number of carbonyl (C=O) groups excluding carboxylic acids is 1. The highest BCUT2D eigenvalue weighted by Gasteiger charge is 2.29. The number of nitrogens with one attached hydrogen (secondary N) is 2. The van der Waals surface area contributed by atoms with Gasteiger partial charge < -0.3 is 5.32 Å². The van der Waals surface area contributed by atoms with E-state index in [4.69, 9.17) is 0 Å². The first kappa shape index (κ1) is 17.7. The Hall–Kier alpha value is -1.62. The molecule has 1 fully saturated rings. The van der Waals surface area contributed by atoms with Crippen LogP contribution < -0.4 is 5.32 Å². The molecule has 5 heteroatoms. The summed E-state index contributed by atoms with van der Waals surface area (Å²) in [7, 11) is 0. The number of aromatic nitrogens is 2. The number of hydrogen-bond acceptors (Lipinski definition) is 3. The minimum absolute atomic E-state index is 0.0741. The van der Waals surface area contributed by atoms with Gasteiger partial charge in [-0.05, 0) is 59.1 Å². The number of likely N-dealkylation sites (tertiary alicyclic amines) is 1. The number of nitrogens with zero attached hydrogens (tertiary/aromatic N) is 2. The zero-order chi connectivity index (χ0) is 17.0. The van der Waals surface area contributed by atoms with Crippen molar-refractivity contribution < 1.29 is 4.79 Å². The predicted molar refractivity (Wildman–Crippen MR) is 92.9 cm³/mol. The SMILES string of the molecule is C=C(C)C(C)(C)C(=O)NC[C@@H]1CCCN(Cc2cc(C)[nH]n2)C1. The summed E-state index contributed by atoms with van der Waals surface area (Å²) in [6.07, 6.45) is 2.34. The molecule has 0 aliphatic carbocycles. The van der Waals surface area contributed by atoms with E-state index >= 15 is 0 Å². The summed E-state index contributed by atoms with van der Waals surface area (Å²) < 4.78 is 0. The molecule has 1 aromatic rings. The van der Waals surface area contributed by atoms with Crippen LogP contribution in [0.5, 0.6) is 0 Å². The summed E-state index contributed by atoms with van der Waals surface area (Å²) in [6.45, 7) is 15.5. The van der Waals surface area contributed by atoms with Crippen LogP contribution in [0, 0.1) is 18.3 Å². The molecular formula is C18H30N4O. The van der Waals surface area contributed by atoms with Crippen LogP contribution in [0.15, 0.2) is 18.2 Å². The Morgan fingerprint density at radius 2 is 2.30 bits per heavy atom. The van der Waals surface area contributed by atoms with Crippen molar-refractivity contribution in [3.8, 4) is 0 Å². The predicted octanol–water partition coefficient (Wildman–Crippen LogP) is 2.65. The van der Waals surface area contributed by atoms with Gasteiger partial charge in [-0.3, -0.25) is 14.8 Å². The van der Waals surface area contributed by atoms with Crippen molar-refractivity contribution in [3.63, 3.8) is 0 Å². The number of piperidine rings is 1. The molecule has 128 valence electrons. The van der Waals surface area contributed by atoms with Crippen molar-refractivity contribution in [1.29, 1.82) is 0 Å². The lowest BCUT2D eigenvalue weighted by atomic mass is 9.85. The first-order chi connectivity index (χ1) is 10.8. The molecule has 1 atom stereocenters. The van der Waals surface area contributed by atoms with E-state index in [-0.39, 0.29) is 5.91 Å². The maximum absolute atomic E-state index is 12.3. The summed E-state index contributed by atoms with van der Waals surface area (Å²) in [4.78, 5) is 14.8. The van der Waals surface area contributed by atoms with Crippen molar-refractivity contribution in [2.24, 2.45) is 11.3 Å². The van der Waals surface area contributed by atoms with Crippen molar-refractivity contribution in [3.05, 3.63) is 29.6 Å². The number of amides is 1. The number of aromatic amines is 1. The summed E-state index contributed by atoms with van der Waals surface area (Å²) in [5.41, 5.74) is 2.59. The van der Waals surface area contributed by atoms with Crippen molar-refractivity contribution >= 4 is 5.91 Å². The third-order valence-corrected chi connectivity index (χ3v) is 4.93. The second-order valence-electron chi connectivity index (χ2n) is 7.40. The lowest BCUT2D eigenvalue weighted by Crippen LogP contribution is -2.44. The van der Waals surface area contributed by atoms with E-state index in [9.17, 15) is 4.79 Å². The van der Waals surface area contributed by atoms with Gasteiger partial charge in [0.2, 0.25) is 5.91 Å². The minimum atomic E-state index is -0.499. The molecule has 2 N–H and O–H groups in total. The van der Waals surface area contributed by atoms with Crippen LogP contribution in [0.3, 0.4) is 0 Å². The average molecular weight is 318 g/mol. The molecule has 1 saturated heterocycles. The summed E-state index contributed by atoms with van der Waals surface area (Å²) >= 11 is 0. The van der Waals surface area contributed by atoms with Gasteiger partial charge in [0.15, 0.2) is 0 Å². The average Bonchev–Trinajstić information content (AvgIpc) is 2.90. The van der Waals surface area contributed by atoms with Gasteiger partial charge >= 0.3 is 0 Å². The first-order valence-electron chi connectivity index (χ1n) is 8.46. The molecule has 0 spiro atoms. The molecule has 0 saturated carbocycles. The maximum atomic E-state index is 12.3. The molecule has 2 heterocycles. The van der Waals surface area contributed by atoms with Gasteiger partial charge in [-0.15, -0.1) is 0 Å². The molecule has 2 rings (SSSR count). The van der Waals surface area contributed by atoms with E-state index in [0.29, 0.717) is 5.92 Å². The van der Waals surface area contributed by atoms with E-state index < -0.39 is 5.41 Å². The van der Waals surface area contributed by atoms with Crippen molar-refractivity contribution in [2.75, 3.05) is 19.6 Å². The fourth-order valence-electron chi connectivity index (χ4n) is 2.90. The normalized spacial score (nSPS) is 19.6. The van der Waals surface area contributed by atoms with Gasteiger partial charge in [-0.2, -0.15) is 5.10 Å². The van der Waals surface area contributed by atoms with E-state index in [1.54, 1.807) is 0 Å². The molecule has 23 heavy (non-hydrogen) atoms. The van der Waals surface area contributed by atoms with Crippen LogP contribution in [0.1, 0.15) is 45.0 Å². The lowest BCUT2D eigenvalue weighted by molar-refractivity contribution is -0.127. The second kappa shape index (κ2) is 7.30. The quantitative estimate of drug-likeness (QED) is 0.793. The molecule has 0 unspecified atom stereocenters. The first-order valence-corrected chi connectivity index (χ1v) is 8.46. The molecule has 1 amide bonds. The standard InChI is InChI=1S/C18H30N4O/c1-13(2)18(4,5)17(23)19-10-15-7-6-8-22(11-15)12-16-9-14(3)20-21-16/h9,15H,1,6-8,10-12H2,2-5H3,(H,19,23)(H,20,21)/t15-/m0/s1. The van der Waals surface area contributed by atoms with Gasteiger partial charge in [0.1, 0.15) is 0 Å². The Morgan fingerprint density at radius 3 is 2.91 bits per heavy atom. The van der Waals surface area contributed by atoms with E-state index in [2.05, 4.69) is 33.1 Å². The third-order valence-electron chi connectivity index (χ3n) is 4.93. The second-order valence-corrected chi connectivity index (χ2v) is 7.40. The van der Waals surface area contributed by atoms with Crippen LogP contribution in [0.25, 0.3) is 0 Å². The zero-order valence-electron chi connectivity index (χ0n) is 14.9. The summed E-state index contributed by atoms with van der Waals surface area (Å²) in [6, 6.07) is 2.10. The number of hydrogen-bond donors (Lipinski definition) is 2. The Bertz CT molecular complexity index is 561. The summed E-state index contributed by atoms with van der Waals surface area (Å²) in [5, 5.41) is 10.4. The number of carbonyl (C=O) groups is 1. The third kappa shape index (κ3) is 4.67. The van der Waals surface area contributed by atoms with Crippen molar-refractivity contribution in [2.45, 2.75) is 47.1 Å². The van der Waals surface area contributed by atoms with Crippen LogP contribution in [0.2, 0.25) is 0 Å². The van der Waals surface area contributed by atoms with Gasteiger partial charge in [0.25, 0.3) is 0 Å². The Kier molecular flexibility index (Phi) is 5.63. The van der Waals surface area contributed by atoms with Crippen LogP contribution in [-0.2, 0) is 11.3 Å². The van der Waals surface area contributed by atoms with Gasteiger partial charge in [-0.25, -0.2) is 0 Å². The fourth-order valence-corrected chi connectivity index (χ4v) is 2.90. The minimum Gasteiger partial charge on any atom is -0.355 e. The molecule has 0 radical (unpaired) electrons.